The van der Waals surface area contributed by atoms with Gasteiger partial charge >= 0.3 is 0 Å². The maximum absolute atomic E-state index is 13.0. The molecule has 1 aromatic carbocycles. The molecule has 31 heavy (non-hydrogen) atoms. The van der Waals surface area contributed by atoms with E-state index in [0.717, 1.165) is 48.3 Å². The molecule has 6 nitrogen and oxygen atoms in total. The van der Waals surface area contributed by atoms with Gasteiger partial charge in [-0.1, -0.05) is 36.0 Å². The second-order valence-corrected chi connectivity index (χ2v) is 9.36. The lowest BCUT2D eigenvalue weighted by atomic mass is 10.1. The summed E-state index contributed by atoms with van der Waals surface area (Å²) < 4.78 is 1.77. The predicted octanol–water partition coefficient (Wildman–Crippen LogP) is 4.20. The maximum Gasteiger partial charge on any atom is 0.227 e. The summed E-state index contributed by atoms with van der Waals surface area (Å²) >= 11 is 12.4. The lowest BCUT2D eigenvalue weighted by Crippen LogP contribution is -2.52. The molecule has 2 amide bonds. The average Bonchev–Trinajstić information content (AvgIpc) is 3.38. The first kappa shape index (κ1) is 22.2. The standard InChI is InChI=1S/C23H28Cl2N4O2/c1-15-19(16(2)29(26-15)21-8-7-18(24)13-20(21)25)14-22(30)27-9-11-28(12-10-27)23(31)17-5-3-4-6-17/h7-8,13,17H,3-6,9-12,14H2,1-2H3. The minimum Gasteiger partial charge on any atom is -0.339 e. The zero-order valence-corrected chi connectivity index (χ0v) is 19.5. The molecule has 0 spiro atoms. The van der Waals surface area contributed by atoms with E-state index in [4.69, 9.17) is 23.2 Å². The Morgan fingerprint density at radius 2 is 1.68 bits per heavy atom. The molecule has 0 atom stereocenters. The topological polar surface area (TPSA) is 58.4 Å². The van der Waals surface area contributed by atoms with Gasteiger partial charge in [0, 0.05) is 48.4 Å². The molecular weight excluding hydrogens is 435 g/mol. The SMILES string of the molecule is Cc1nn(-c2ccc(Cl)cc2Cl)c(C)c1CC(=O)N1CCN(C(=O)C2CCCC2)CC1. The summed E-state index contributed by atoms with van der Waals surface area (Å²) in [5, 5.41) is 5.69. The Bertz CT molecular complexity index is 990. The van der Waals surface area contributed by atoms with Crippen LogP contribution in [0.2, 0.25) is 10.0 Å². The van der Waals surface area contributed by atoms with Crippen LogP contribution in [-0.4, -0.2) is 57.6 Å². The molecular formula is C23H28Cl2N4O2. The molecule has 4 rings (SSSR count). The van der Waals surface area contributed by atoms with Crippen molar-refractivity contribution < 1.29 is 9.59 Å². The third-order valence-corrected chi connectivity index (χ3v) is 7.09. The summed E-state index contributed by atoms with van der Waals surface area (Å²) in [6.07, 6.45) is 4.63. The molecule has 2 heterocycles. The van der Waals surface area contributed by atoms with Crippen molar-refractivity contribution >= 4 is 35.0 Å². The first-order valence-electron chi connectivity index (χ1n) is 10.9. The first-order chi connectivity index (χ1) is 14.8. The van der Waals surface area contributed by atoms with Gasteiger partial charge in [-0.3, -0.25) is 9.59 Å². The van der Waals surface area contributed by atoms with Crippen molar-refractivity contribution in [2.24, 2.45) is 5.92 Å². The summed E-state index contributed by atoms with van der Waals surface area (Å²) in [5.41, 5.74) is 3.36. The highest BCUT2D eigenvalue weighted by molar-refractivity contribution is 6.35. The molecule has 8 heteroatoms. The third-order valence-electron chi connectivity index (χ3n) is 6.56. The Morgan fingerprint density at radius 1 is 1.03 bits per heavy atom. The van der Waals surface area contributed by atoms with Gasteiger partial charge in [0.25, 0.3) is 0 Å². The van der Waals surface area contributed by atoms with Gasteiger partial charge in [-0.25, -0.2) is 4.68 Å². The van der Waals surface area contributed by atoms with E-state index in [2.05, 4.69) is 5.10 Å². The van der Waals surface area contributed by atoms with E-state index < -0.39 is 0 Å². The number of piperazine rings is 1. The van der Waals surface area contributed by atoms with E-state index >= 15 is 0 Å². The van der Waals surface area contributed by atoms with Crippen LogP contribution in [-0.2, 0) is 16.0 Å². The Labute approximate surface area is 193 Å². The van der Waals surface area contributed by atoms with Crippen molar-refractivity contribution in [2.45, 2.75) is 46.0 Å². The van der Waals surface area contributed by atoms with Crippen LogP contribution in [0.4, 0.5) is 0 Å². The highest BCUT2D eigenvalue weighted by atomic mass is 35.5. The van der Waals surface area contributed by atoms with E-state index in [1.165, 1.54) is 0 Å². The summed E-state index contributed by atoms with van der Waals surface area (Å²) in [7, 11) is 0. The van der Waals surface area contributed by atoms with Gasteiger partial charge in [-0.05, 0) is 44.9 Å². The van der Waals surface area contributed by atoms with Crippen LogP contribution in [0.15, 0.2) is 18.2 Å². The van der Waals surface area contributed by atoms with Crippen LogP contribution >= 0.6 is 23.2 Å². The molecule has 1 aromatic heterocycles. The number of carbonyl (C=O) groups excluding carboxylic acids is 2. The zero-order valence-electron chi connectivity index (χ0n) is 18.0. The van der Waals surface area contributed by atoms with Crippen LogP contribution in [0.3, 0.4) is 0 Å². The molecule has 1 saturated carbocycles. The van der Waals surface area contributed by atoms with Crippen LogP contribution in [0.5, 0.6) is 0 Å². The normalized spacial score (nSPS) is 17.4. The highest BCUT2D eigenvalue weighted by Gasteiger charge is 2.31. The molecule has 0 bridgehead atoms. The van der Waals surface area contributed by atoms with E-state index in [1.807, 2.05) is 29.7 Å². The fraction of sp³-hybridized carbons (Fsp3) is 0.522. The minimum absolute atomic E-state index is 0.0703. The summed E-state index contributed by atoms with van der Waals surface area (Å²) in [6.45, 7) is 6.29. The summed E-state index contributed by atoms with van der Waals surface area (Å²) in [6, 6.07) is 5.29. The Hall–Kier alpha value is -2.05. The number of hydrogen-bond donors (Lipinski definition) is 0. The van der Waals surface area contributed by atoms with Crippen molar-refractivity contribution in [3.05, 3.63) is 45.2 Å². The molecule has 1 aliphatic heterocycles. The number of halogens is 2. The smallest absolute Gasteiger partial charge is 0.227 e. The van der Waals surface area contributed by atoms with E-state index in [0.29, 0.717) is 42.6 Å². The number of aromatic nitrogens is 2. The Balaban J connectivity index is 1.41. The molecule has 1 saturated heterocycles. The quantitative estimate of drug-likeness (QED) is 0.683. The first-order valence-corrected chi connectivity index (χ1v) is 11.7. The lowest BCUT2D eigenvalue weighted by molar-refractivity contribution is -0.141. The van der Waals surface area contributed by atoms with Gasteiger partial charge in [0.05, 0.1) is 22.8 Å². The minimum atomic E-state index is 0.0703. The Kier molecular flexibility index (Phi) is 6.58. The number of hydrogen-bond acceptors (Lipinski definition) is 3. The van der Waals surface area contributed by atoms with Crippen molar-refractivity contribution in [3.8, 4) is 5.69 Å². The van der Waals surface area contributed by atoms with Gasteiger partial charge in [0.15, 0.2) is 0 Å². The number of aryl methyl sites for hydroxylation is 1. The highest BCUT2D eigenvalue weighted by Crippen LogP contribution is 2.28. The van der Waals surface area contributed by atoms with Gasteiger partial charge < -0.3 is 9.80 Å². The fourth-order valence-corrected chi connectivity index (χ4v) is 5.18. The van der Waals surface area contributed by atoms with Gasteiger partial charge in [0.1, 0.15) is 0 Å². The molecule has 2 aromatic rings. The van der Waals surface area contributed by atoms with Gasteiger partial charge in [-0.2, -0.15) is 5.10 Å². The van der Waals surface area contributed by atoms with E-state index in [9.17, 15) is 9.59 Å². The molecule has 2 aliphatic rings. The number of nitrogens with zero attached hydrogens (tertiary/aromatic N) is 4. The number of carbonyl (C=O) groups is 2. The number of amides is 2. The fourth-order valence-electron chi connectivity index (χ4n) is 4.69. The maximum atomic E-state index is 13.0. The van der Waals surface area contributed by atoms with Crippen molar-refractivity contribution in [3.63, 3.8) is 0 Å². The molecule has 2 fully saturated rings. The van der Waals surface area contributed by atoms with E-state index in [-0.39, 0.29) is 17.7 Å². The lowest BCUT2D eigenvalue weighted by Gasteiger charge is -2.36. The number of rotatable bonds is 4. The van der Waals surface area contributed by atoms with Gasteiger partial charge in [-0.15, -0.1) is 0 Å². The second-order valence-electron chi connectivity index (χ2n) is 8.52. The molecule has 0 radical (unpaired) electrons. The van der Waals surface area contributed by atoms with Crippen LogP contribution < -0.4 is 0 Å². The number of benzene rings is 1. The molecule has 0 unspecified atom stereocenters. The largest absolute Gasteiger partial charge is 0.339 e. The van der Waals surface area contributed by atoms with Gasteiger partial charge in [0.2, 0.25) is 11.8 Å². The zero-order chi connectivity index (χ0) is 22.1. The monoisotopic (exact) mass is 462 g/mol. The van der Waals surface area contributed by atoms with Crippen LogP contribution in [0.25, 0.3) is 5.69 Å². The third kappa shape index (κ3) is 4.60. The van der Waals surface area contributed by atoms with Crippen molar-refractivity contribution in [2.75, 3.05) is 26.2 Å². The molecule has 166 valence electrons. The second kappa shape index (κ2) is 9.21. The van der Waals surface area contributed by atoms with Crippen LogP contribution in [0.1, 0.15) is 42.6 Å². The van der Waals surface area contributed by atoms with Crippen LogP contribution in [0, 0.1) is 19.8 Å². The molecule has 0 N–H and O–H groups in total. The average molecular weight is 463 g/mol. The Morgan fingerprint density at radius 3 is 2.32 bits per heavy atom. The predicted molar refractivity (Wildman–Crippen MR) is 122 cm³/mol. The molecule has 1 aliphatic carbocycles. The van der Waals surface area contributed by atoms with Crippen molar-refractivity contribution in [1.82, 2.24) is 19.6 Å². The van der Waals surface area contributed by atoms with E-state index in [1.54, 1.807) is 16.8 Å². The van der Waals surface area contributed by atoms with Crippen molar-refractivity contribution in [1.29, 1.82) is 0 Å². The summed E-state index contributed by atoms with van der Waals surface area (Å²) in [4.78, 5) is 29.4. The summed E-state index contributed by atoms with van der Waals surface area (Å²) in [5.74, 6) is 0.538.